The summed E-state index contributed by atoms with van der Waals surface area (Å²) in [5.41, 5.74) is 7.24. The highest BCUT2D eigenvalue weighted by atomic mass is 19.1. The number of amides is 2. The largest absolute Gasteiger partial charge is 0.362 e. The second-order valence-electron chi connectivity index (χ2n) is 9.35. The molecule has 194 valence electrons. The topological polar surface area (TPSA) is 83.7 Å². The summed E-state index contributed by atoms with van der Waals surface area (Å²) in [7, 11) is 1.64. The van der Waals surface area contributed by atoms with E-state index in [0.29, 0.717) is 24.6 Å². The number of anilines is 1. The lowest BCUT2D eigenvalue weighted by Crippen LogP contribution is -2.60. The van der Waals surface area contributed by atoms with Crippen molar-refractivity contribution in [1.29, 1.82) is 0 Å². The Labute approximate surface area is 209 Å². The highest BCUT2D eigenvalue weighted by Gasteiger charge is 2.43. The van der Waals surface area contributed by atoms with Gasteiger partial charge in [0, 0.05) is 25.2 Å². The summed E-state index contributed by atoms with van der Waals surface area (Å²) in [6.07, 6.45) is 1.77. The smallest absolute Gasteiger partial charge is 0.246 e. The fourth-order valence-electron chi connectivity index (χ4n) is 4.81. The highest BCUT2D eigenvalue weighted by molar-refractivity contribution is 6.00. The number of nitrogens with zero attached hydrogens (tertiary/aromatic N) is 2. The predicted molar refractivity (Wildman–Crippen MR) is 131 cm³/mol. The molecule has 0 radical (unpaired) electrons. The van der Waals surface area contributed by atoms with Crippen LogP contribution < -0.4 is 10.6 Å². The van der Waals surface area contributed by atoms with Crippen LogP contribution in [0.5, 0.6) is 0 Å². The summed E-state index contributed by atoms with van der Waals surface area (Å²) in [6, 6.07) is 4.15. The Morgan fingerprint density at radius 3 is 2.36 bits per heavy atom. The van der Waals surface area contributed by atoms with Crippen LogP contribution >= 0.6 is 0 Å². The van der Waals surface area contributed by atoms with Gasteiger partial charge in [-0.15, -0.1) is 0 Å². The number of carbonyl (C=O) groups excluding carboxylic acids is 3. The maximum absolute atomic E-state index is 14.1. The van der Waals surface area contributed by atoms with E-state index in [4.69, 9.17) is 5.73 Å². The molecular weight excluding hydrogens is 471 g/mol. The first kappa shape index (κ1) is 27.4. The lowest BCUT2D eigenvalue weighted by atomic mass is 9.93. The molecule has 0 saturated carbocycles. The molecule has 0 bridgehead atoms. The maximum atomic E-state index is 14.1. The summed E-state index contributed by atoms with van der Waals surface area (Å²) in [4.78, 5) is 42.9. The first-order valence-electron chi connectivity index (χ1n) is 12.1. The predicted octanol–water partition coefficient (Wildman–Crippen LogP) is 3.93. The Hall–Kier alpha value is -3.20. The van der Waals surface area contributed by atoms with Gasteiger partial charge in [0.05, 0.1) is 18.5 Å². The lowest BCUT2D eigenvalue weighted by Gasteiger charge is -2.39. The van der Waals surface area contributed by atoms with Gasteiger partial charge in [-0.25, -0.2) is 13.2 Å². The molecule has 2 N–H and O–H groups in total. The van der Waals surface area contributed by atoms with Gasteiger partial charge in [-0.1, -0.05) is 19.4 Å². The van der Waals surface area contributed by atoms with Gasteiger partial charge in [-0.2, -0.15) is 0 Å². The summed E-state index contributed by atoms with van der Waals surface area (Å²) in [5.74, 6) is -3.75. The molecule has 2 amide bonds. The van der Waals surface area contributed by atoms with E-state index in [1.54, 1.807) is 18.0 Å². The zero-order valence-electron chi connectivity index (χ0n) is 20.8. The standard InChI is InChI=1S/C27H32F3N3O3/c1-4-5-6-24(34)26-22(10-8-18-7-9-19(28)15-23(18)32(26)3)33(27(36)16(2)31)25(35)13-17-11-20(29)14-21(30)12-17/h7,9,11-12,14-16,22,26H,4-6,8,10,13,31H2,1-3H3/t16-,22-,26?/m0/s1. The number of Topliss-reactive ketones (excluding diaryl/α,β-unsaturated/α-hetero) is 1. The normalized spacial score (nSPS) is 18.2. The van der Waals surface area contributed by atoms with Crippen molar-refractivity contribution in [2.75, 3.05) is 11.9 Å². The minimum Gasteiger partial charge on any atom is -0.362 e. The fraction of sp³-hybridized carbons (Fsp3) is 0.444. The van der Waals surface area contributed by atoms with Crippen molar-refractivity contribution in [2.45, 2.75) is 70.5 Å². The molecule has 0 aromatic heterocycles. The van der Waals surface area contributed by atoms with E-state index in [0.717, 1.165) is 29.0 Å². The van der Waals surface area contributed by atoms with E-state index in [1.807, 2.05) is 6.92 Å². The lowest BCUT2D eigenvalue weighted by molar-refractivity contribution is -0.149. The molecule has 36 heavy (non-hydrogen) atoms. The Morgan fingerprint density at radius 2 is 1.75 bits per heavy atom. The van der Waals surface area contributed by atoms with Crippen LogP contribution in [0.1, 0.15) is 50.7 Å². The van der Waals surface area contributed by atoms with Gasteiger partial charge >= 0.3 is 0 Å². The number of hydrogen-bond donors (Lipinski definition) is 1. The Balaban J connectivity index is 2.07. The van der Waals surface area contributed by atoms with E-state index in [9.17, 15) is 27.6 Å². The number of aryl methyl sites for hydroxylation is 1. The number of hydrogen-bond acceptors (Lipinski definition) is 5. The first-order chi connectivity index (χ1) is 17.0. The monoisotopic (exact) mass is 503 g/mol. The molecule has 1 aliphatic rings. The zero-order valence-corrected chi connectivity index (χ0v) is 20.8. The number of ketones is 1. The Bertz CT molecular complexity index is 1120. The van der Waals surface area contributed by atoms with Crippen molar-refractivity contribution in [3.05, 3.63) is 65.0 Å². The average molecular weight is 504 g/mol. The number of benzene rings is 2. The van der Waals surface area contributed by atoms with Crippen molar-refractivity contribution in [1.82, 2.24) is 4.90 Å². The fourth-order valence-corrected chi connectivity index (χ4v) is 4.81. The second-order valence-corrected chi connectivity index (χ2v) is 9.35. The van der Waals surface area contributed by atoms with Gasteiger partial charge in [-0.05, 0) is 61.6 Å². The molecule has 0 spiro atoms. The van der Waals surface area contributed by atoms with Crippen molar-refractivity contribution in [3.63, 3.8) is 0 Å². The van der Waals surface area contributed by atoms with E-state index in [-0.39, 0.29) is 24.2 Å². The molecule has 0 aliphatic carbocycles. The zero-order chi connectivity index (χ0) is 26.6. The molecule has 2 aromatic carbocycles. The Morgan fingerprint density at radius 1 is 1.08 bits per heavy atom. The molecule has 6 nitrogen and oxygen atoms in total. The van der Waals surface area contributed by atoms with Crippen molar-refractivity contribution < 1.29 is 27.6 Å². The SMILES string of the molecule is CCCCC(=O)C1[C@@H](N(C(=O)Cc2cc(F)cc(F)c2)C(=O)[C@H](C)N)CCc2ccc(F)cc2N1C. The molecular formula is C27H32F3N3O3. The van der Waals surface area contributed by atoms with Gasteiger partial charge in [0.2, 0.25) is 11.8 Å². The van der Waals surface area contributed by atoms with Crippen LogP contribution in [0.25, 0.3) is 0 Å². The van der Waals surface area contributed by atoms with Gasteiger partial charge in [0.25, 0.3) is 0 Å². The minimum atomic E-state index is -1.06. The van der Waals surface area contributed by atoms with E-state index in [1.165, 1.54) is 19.1 Å². The molecule has 9 heteroatoms. The molecule has 1 heterocycles. The maximum Gasteiger partial charge on any atom is 0.246 e. The van der Waals surface area contributed by atoms with Crippen LogP contribution in [0.4, 0.5) is 18.9 Å². The van der Waals surface area contributed by atoms with Crippen molar-refractivity contribution in [3.8, 4) is 0 Å². The third kappa shape index (κ3) is 6.13. The van der Waals surface area contributed by atoms with Gasteiger partial charge < -0.3 is 10.6 Å². The molecule has 1 aliphatic heterocycles. The summed E-state index contributed by atoms with van der Waals surface area (Å²) in [6.45, 7) is 3.38. The van der Waals surface area contributed by atoms with E-state index in [2.05, 4.69) is 0 Å². The van der Waals surface area contributed by atoms with Crippen LogP contribution in [-0.4, -0.2) is 47.7 Å². The second kappa shape index (κ2) is 11.7. The molecule has 3 atom stereocenters. The number of nitrogens with two attached hydrogens (primary N) is 1. The van der Waals surface area contributed by atoms with Crippen LogP contribution in [0.3, 0.4) is 0 Å². The third-order valence-electron chi connectivity index (χ3n) is 6.53. The van der Waals surface area contributed by atoms with Crippen LogP contribution in [0.2, 0.25) is 0 Å². The van der Waals surface area contributed by atoms with E-state index >= 15 is 0 Å². The number of carbonyl (C=O) groups is 3. The van der Waals surface area contributed by atoms with Gasteiger partial charge in [-0.3, -0.25) is 19.3 Å². The van der Waals surface area contributed by atoms with Crippen LogP contribution in [0, 0.1) is 17.5 Å². The van der Waals surface area contributed by atoms with E-state index < -0.39 is 53.8 Å². The molecule has 0 fully saturated rings. The number of fused-ring (bicyclic) bond motifs is 1. The number of halogens is 3. The summed E-state index contributed by atoms with van der Waals surface area (Å²) < 4.78 is 41.7. The molecule has 2 aromatic rings. The summed E-state index contributed by atoms with van der Waals surface area (Å²) >= 11 is 0. The Kier molecular flexibility index (Phi) is 8.89. The number of unbranched alkanes of at least 4 members (excludes halogenated alkanes) is 1. The number of likely N-dealkylation sites (N-methyl/N-ethyl adjacent to an activating group) is 1. The average Bonchev–Trinajstić information content (AvgIpc) is 2.93. The van der Waals surface area contributed by atoms with Crippen molar-refractivity contribution >= 4 is 23.3 Å². The third-order valence-corrected chi connectivity index (χ3v) is 6.53. The quantitative estimate of drug-likeness (QED) is 0.590. The van der Waals surface area contributed by atoms with Crippen molar-refractivity contribution in [2.24, 2.45) is 5.73 Å². The first-order valence-corrected chi connectivity index (χ1v) is 12.1. The minimum absolute atomic E-state index is 0.0566. The highest BCUT2D eigenvalue weighted by Crippen LogP contribution is 2.33. The molecule has 3 rings (SSSR count). The number of imide groups is 1. The van der Waals surface area contributed by atoms with Gasteiger partial charge in [0.15, 0.2) is 5.78 Å². The number of rotatable bonds is 8. The summed E-state index contributed by atoms with van der Waals surface area (Å²) in [5, 5.41) is 0. The molecule has 0 saturated heterocycles. The van der Waals surface area contributed by atoms with Gasteiger partial charge in [0.1, 0.15) is 23.5 Å². The van der Waals surface area contributed by atoms with Crippen LogP contribution in [-0.2, 0) is 27.2 Å². The molecule has 1 unspecified atom stereocenters. The van der Waals surface area contributed by atoms with Crippen LogP contribution in [0.15, 0.2) is 36.4 Å².